The van der Waals surface area contributed by atoms with E-state index in [4.69, 9.17) is 0 Å². The van der Waals surface area contributed by atoms with Gasteiger partial charge in [0, 0.05) is 6.42 Å². The molecule has 4 nitrogen and oxygen atoms in total. The summed E-state index contributed by atoms with van der Waals surface area (Å²) in [6, 6.07) is -0.641. The number of nitrogens with one attached hydrogen (secondary N) is 1. The molecule has 0 aromatic carbocycles. The number of amides is 1. The molecule has 1 amide bonds. The fourth-order valence-corrected chi connectivity index (χ4v) is 3.23. The summed E-state index contributed by atoms with van der Waals surface area (Å²) in [5.41, 5.74) is 0. The van der Waals surface area contributed by atoms with Gasteiger partial charge in [-0.2, -0.15) is 0 Å². The molecule has 0 heterocycles. The molecule has 0 radical (unpaired) electrons. The van der Waals surface area contributed by atoms with Crippen molar-refractivity contribution in [2.75, 3.05) is 6.61 Å². The summed E-state index contributed by atoms with van der Waals surface area (Å²) in [4.78, 5) is 12.1. The van der Waals surface area contributed by atoms with Crippen LogP contribution in [-0.2, 0) is 4.79 Å². The number of unbranched alkanes of at least 4 members (excludes halogenated alkanes) is 8. The fraction of sp³-hybridized carbons (Fsp3) is 0.679. The molecule has 4 heteroatoms. The number of hydrogen-bond acceptors (Lipinski definition) is 3. The highest BCUT2D eigenvalue weighted by atomic mass is 16.3. The Morgan fingerprint density at radius 2 is 1.31 bits per heavy atom. The molecular formula is C28H49NO3. The number of aliphatic hydroxyl groups excluding tert-OH is 2. The van der Waals surface area contributed by atoms with Crippen molar-refractivity contribution in [2.45, 2.75) is 116 Å². The number of aliphatic hydroxyl groups is 2. The maximum atomic E-state index is 12.1. The summed E-state index contributed by atoms with van der Waals surface area (Å²) < 4.78 is 0. The molecule has 0 aliphatic carbocycles. The van der Waals surface area contributed by atoms with Crippen molar-refractivity contribution in [1.29, 1.82) is 0 Å². The first kappa shape index (κ1) is 30.4. The minimum Gasteiger partial charge on any atom is -0.394 e. The average molecular weight is 448 g/mol. The zero-order chi connectivity index (χ0) is 23.7. The Hall–Kier alpha value is -1.65. The highest BCUT2D eigenvalue weighted by Crippen LogP contribution is 2.08. The molecule has 0 aliphatic heterocycles. The Balaban J connectivity index is 3.79. The highest BCUT2D eigenvalue weighted by molar-refractivity contribution is 5.76. The highest BCUT2D eigenvalue weighted by Gasteiger charge is 2.17. The van der Waals surface area contributed by atoms with Gasteiger partial charge in [0.25, 0.3) is 0 Å². The van der Waals surface area contributed by atoms with Crippen LogP contribution < -0.4 is 5.32 Å². The Kier molecular flexibility index (Phi) is 22.8. The zero-order valence-electron chi connectivity index (χ0n) is 20.7. The maximum Gasteiger partial charge on any atom is 0.220 e. The molecule has 32 heavy (non-hydrogen) atoms. The molecule has 0 aromatic heterocycles. The van der Waals surface area contributed by atoms with E-state index in [1.807, 2.05) is 6.08 Å². The number of hydrogen-bond donors (Lipinski definition) is 3. The van der Waals surface area contributed by atoms with Crippen molar-refractivity contribution in [3.63, 3.8) is 0 Å². The van der Waals surface area contributed by atoms with Gasteiger partial charge < -0.3 is 15.5 Å². The minimum atomic E-state index is -0.862. The second-order valence-electron chi connectivity index (χ2n) is 8.39. The van der Waals surface area contributed by atoms with Gasteiger partial charge in [0.2, 0.25) is 5.91 Å². The van der Waals surface area contributed by atoms with Gasteiger partial charge in [-0.15, -0.1) is 0 Å². The standard InChI is InChI=1S/C28H49NO3/c1-3-5-7-9-11-12-13-14-15-16-18-20-22-24-28(32)29-26(25-30)27(31)23-21-19-17-10-8-6-4-2/h7-10,12-13,21,23,26-27,30-31H,3-6,11,14-20,22,24-25H2,1-2H3,(H,29,32)/b9-7-,10-8+,13-12-,23-21+. The molecule has 0 saturated carbocycles. The van der Waals surface area contributed by atoms with Crippen molar-refractivity contribution in [1.82, 2.24) is 5.32 Å². The monoisotopic (exact) mass is 447 g/mol. The molecule has 3 N–H and O–H groups in total. The molecule has 184 valence electrons. The Morgan fingerprint density at radius 1 is 0.750 bits per heavy atom. The third-order valence-corrected chi connectivity index (χ3v) is 5.25. The van der Waals surface area contributed by atoms with Crippen LogP contribution in [0.1, 0.15) is 104 Å². The van der Waals surface area contributed by atoms with Crippen LogP contribution in [0.2, 0.25) is 0 Å². The van der Waals surface area contributed by atoms with Gasteiger partial charge in [0.1, 0.15) is 0 Å². The smallest absolute Gasteiger partial charge is 0.220 e. The summed E-state index contributed by atoms with van der Waals surface area (Å²) in [5, 5.41) is 22.5. The van der Waals surface area contributed by atoms with Gasteiger partial charge in [0.15, 0.2) is 0 Å². The lowest BCUT2D eigenvalue weighted by Crippen LogP contribution is -2.45. The Bertz CT molecular complexity index is 537. The first-order chi connectivity index (χ1) is 15.7. The summed E-state index contributed by atoms with van der Waals surface area (Å²) >= 11 is 0. The zero-order valence-corrected chi connectivity index (χ0v) is 20.7. The number of carbonyl (C=O) groups excluding carboxylic acids is 1. The van der Waals surface area contributed by atoms with E-state index in [1.165, 1.54) is 25.7 Å². The molecule has 0 rings (SSSR count). The van der Waals surface area contributed by atoms with Crippen LogP contribution >= 0.6 is 0 Å². The predicted molar refractivity (Wildman–Crippen MR) is 138 cm³/mol. The van der Waals surface area contributed by atoms with Crippen LogP contribution in [-0.4, -0.2) is 34.9 Å². The minimum absolute atomic E-state index is 0.0990. The molecule has 2 atom stereocenters. The van der Waals surface area contributed by atoms with Crippen LogP contribution in [0.25, 0.3) is 0 Å². The van der Waals surface area contributed by atoms with E-state index in [9.17, 15) is 15.0 Å². The van der Waals surface area contributed by atoms with E-state index in [1.54, 1.807) is 6.08 Å². The summed E-state index contributed by atoms with van der Waals surface area (Å²) in [7, 11) is 0. The lowest BCUT2D eigenvalue weighted by molar-refractivity contribution is -0.123. The predicted octanol–water partition coefficient (Wildman–Crippen LogP) is 6.55. The summed E-state index contributed by atoms with van der Waals surface area (Å²) in [6.45, 7) is 4.08. The van der Waals surface area contributed by atoms with Crippen LogP contribution in [0.4, 0.5) is 0 Å². The molecule has 0 saturated heterocycles. The van der Waals surface area contributed by atoms with Crippen LogP contribution in [0.15, 0.2) is 48.6 Å². The molecule has 0 aromatic rings. The maximum absolute atomic E-state index is 12.1. The van der Waals surface area contributed by atoms with E-state index >= 15 is 0 Å². The van der Waals surface area contributed by atoms with Crippen molar-refractivity contribution in [2.24, 2.45) is 0 Å². The SMILES string of the molecule is CCC/C=C\C/C=C\CCCCCCCC(=O)NC(CO)C(O)/C=C/CC/C=C/CCC. The first-order valence-electron chi connectivity index (χ1n) is 12.9. The van der Waals surface area contributed by atoms with Gasteiger partial charge in [-0.05, 0) is 51.4 Å². The average Bonchev–Trinajstić information content (AvgIpc) is 2.79. The molecule has 0 fully saturated rings. The van der Waals surface area contributed by atoms with Crippen molar-refractivity contribution in [3.8, 4) is 0 Å². The molecule has 0 spiro atoms. The fourth-order valence-electron chi connectivity index (χ4n) is 3.23. The van der Waals surface area contributed by atoms with Gasteiger partial charge >= 0.3 is 0 Å². The molecular weight excluding hydrogens is 398 g/mol. The van der Waals surface area contributed by atoms with Gasteiger partial charge in [0.05, 0.1) is 18.8 Å². The lowest BCUT2D eigenvalue weighted by Gasteiger charge is -2.19. The van der Waals surface area contributed by atoms with E-state index in [-0.39, 0.29) is 12.5 Å². The topological polar surface area (TPSA) is 69.6 Å². The van der Waals surface area contributed by atoms with E-state index in [2.05, 4.69) is 55.6 Å². The number of allylic oxidation sites excluding steroid dienone is 7. The number of carbonyl (C=O) groups is 1. The van der Waals surface area contributed by atoms with E-state index < -0.39 is 12.1 Å². The van der Waals surface area contributed by atoms with Crippen LogP contribution in [0, 0.1) is 0 Å². The molecule has 0 bridgehead atoms. The van der Waals surface area contributed by atoms with Gasteiger partial charge in [-0.25, -0.2) is 0 Å². The number of rotatable bonds is 21. The Labute approximate surface area is 197 Å². The van der Waals surface area contributed by atoms with Gasteiger partial charge in [-0.3, -0.25) is 4.79 Å². The van der Waals surface area contributed by atoms with E-state index in [0.29, 0.717) is 6.42 Å². The Morgan fingerprint density at radius 3 is 2.00 bits per heavy atom. The lowest BCUT2D eigenvalue weighted by atomic mass is 10.1. The summed E-state index contributed by atoms with van der Waals surface area (Å²) in [6.07, 6.45) is 30.4. The van der Waals surface area contributed by atoms with Crippen LogP contribution in [0.5, 0.6) is 0 Å². The van der Waals surface area contributed by atoms with E-state index in [0.717, 1.165) is 57.8 Å². The third-order valence-electron chi connectivity index (χ3n) is 5.25. The molecule has 0 aliphatic rings. The normalized spacial score (nSPS) is 14.2. The molecule has 2 unspecified atom stereocenters. The van der Waals surface area contributed by atoms with Crippen molar-refractivity contribution >= 4 is 5.91 Å². The third kappa shape index (κ3) is 20.3. The second-order valence-corrected chi connectivity index (χ2v) is 8.39. The van der Waals surface area contributed by atoms with Gasteiger partial charge in [-0.1, -0.05) is 94.6 Å². The second kappa shape index (κ2) is 24.0. The summed E-state index contributed by atoms with van der Waals surface area (Å²) in [5.74, 6) is -0.0990. The first-order valence-corrected chi connectivity index (χ1v) is 12.9. The largest absolute Gasteiger partial charge is 0.394 e. The van der Waals surface area contributed by atoms with Crippen LogP contribution in [0.3, 0.4) is 0 Å². The van der Waals surface area contributed by atoms with Crippen molar-refractivity contribution < 1.29 is 15.0 Å². The van der Waals surface area contributed by atoms with Crippen molar-refractivity contribution in [3.05, 3.63) is 48.6 Å². The quantitative estimate of drug-likeness (QED) is 0.138.